The molecule has 0 bridgehead atoms. The van der Waals surface area contributed by atoms with Crippen LogP contribution in [0.25, 0.3) is 10.9 Å². The summed E-state index contributed by atoms with van der Waals surface area (Å²) in [5.74, 6) is 0.156. The predicted octanol–water partition coefficient (Wildman–Crippen LogP) is 3.30. The summed E-state index contributed by atoms with van der Waals surface area (Å²) in [7, 11) is 0. The predicted molar refractivity (Wildman–Crippen MR) is 104 cm³/mol. The first-order valence-corrected chi connectivity index (χ1v) is 9.44. The number of carbonyl (C=O) groups excluding carboxylic acids is 2. The van der Waals surface area contributed by atoms with E-state index in [1.807, 2.05) is 54.6 Å². The third-order valence-electron chi connectivity index (χ3n) is 5.78. The van der Waals surface area contributed by atoms with Crippen molar-refractivity contribution >= 4 is 22.6 Å². The minimum atomic E-state index is -0.0298. The maximum atomic E-state index is 12.7. The highest BCUT2D eigenvalue weighted by Crippen LogP contribution is 2.39. The van der Waals surface area contributed by atoms with Gasteiger partial charge in [-0.25, -0.2) is 0 Å². The van der Waals surface area contributed by atoms with E-state index in [0.29, 0.717) is 12.1 Å². The molecule has 5 nitrogen and oxygen atoms in total. The van der Waals surface area contributed by atoms with Crippen LogP contribution < -0.4 is 5.32 Å². The highest BCUT2D eigenvalue weighted by molar-refractivity contribution is 6.11. The van der Waals surface area contributed by atoms with Crippen LogP contribution >= 0.6 is 0 Å². The van der Waals surface area contributed by atoms with Gasteiger partial charge < -0.3 is 10.3 Å². The van der Waals surface area contributed by atoms with Crippen LogP contribution in [0.3, 0.4) is 0 Å². The molecule has 2 N–H and O–H groups in total. The van der Waals surface area contributed by atoms with Gasteiger partial charge in [0.2, 0.25) is 0 Å². The van der Waals surface area contributed by atoms with Crippen molar-refractivity contribution in [3.63, 3.8) is 0 Å². The van der Waals surface area contributed by atoms with E-state index in [4.69, 9.17) is 0 Å². The monoisotopic (exact) mass is 359 g/mol. The summed E-state index contributed by atoms with van der Waals surface area (Å²) in [4.78, 5) is 31.0. The second kappa shape index (κ2) is 6.35. The van der Waals surface area contributed by atoms with Gasteiger partial charge in [-0.05, 0) is 31.0 Å². The van der Waals surface area contributed by atoms with Crippen molar-refractivity contribution in [1.82, 2.24) is 15.2 Å². The normalized spacial score (nSPS) is 22.3. The fraction of sp³-hybridized carbons (Fsp3) is 0.273. The summed E-state index contributed by atoms with van der Waals surface area (Å²) >= 11 is 0. The summed E-state index contributed by atoms with van der Waals surface area (Å²) in [5.41, 5.74) is 3.53. The minimum Gasteiger partial charge on any atom is -0.356 e. The van der Waals surface area contributed by atoms with Crippen LogP contribution in [0.4, 0.5) is 0 Å². The van der Waals surface area contributed by atoms with Gasteiger partial charge in [-0.2, -0.15) is 0 Å². The van der Waals surface area contributed by atoms with E-state index in [0.717, 1.165) is 41.5 Å². The van der Waals surface area contributed by atoms with Crippen molar-refractivity contribution in [2.24, 2.45) is 0 Å². The van der Waals surface area contributed by atoms with Crippen LogP contribution in [0.5, 0.6) is 0 Å². The van der Waals surface area contributed by atoms with E-state index in [2.05, 4.69) is 15.2 Å². The molecule has 2 atom stereocenters. The first-order valence-electron chi connectivity index (χ1n) is 9.44. The Morgan fingerprint density at radius 3 is 2.70 bits per heavy atom. The maximum absolute atomic E-state index is 12.7. The van der Waals surface area contributed by atoms with Crippen molar-refractivity contribution < 1.29 is 9.59 Å². The van der Waals surface area contributed by atoms with Gasteiger partial charge in [0.25, 0.3) is 5.91 Å². The molecule has 0 aliphatic carbocycles. The SMILES string of the molecule is O=C(NC1CCN2CC(=O)c3c([nH]c4ccccc34)C2C1)c1ccccc1. The number of Topliss-reactive ketones (excluding diaryl/α,β-unsaturated/α-hetero) is 1. The van der Waals surface area contributed by atoms with Crippen LogP contribution in [-0.2, 0) is 0 Å². The van der Waals surface area contributed by atoms with E-state index in [-0.39, 0.29) is 23.8 Å². The Morgan fingerprint density at radius 1 is 1.07 bits per heavy atom. The Morgan fingerprint density at radius 2 is 1.85 bits per heavy atom. The van der Waals surface area contributed by atoms with Gasteiger partial charge in [0, 0.05) is 40.3 Å². The molecule has 1 aromatic heterocycles. The molecule has 0 saturated carbocycles. The smallest absolute Gasteiger partial charge is 0.251 e. The molecule has 0 spiro atoms. The second-order valence-corrected chi connectivity index (χ2v) is 7.43. The van der Waals surface area contributed by atoms with Crippen LogP contribution in [0.2, 0.25) is 0 Å². The number of piperidine rings is 1. The maximum Gasteiger partial charge on any atom is 0.251 e. The number of H-pyrrole nitrogens is 1. The summed E-state index contributed by atoms with van der Waals surface area (Å²) in [5, 5.41) is 4.19. The molecule has 1 saturated heterocycles. The van der Waals surface area contributed by atoms with Gasteiger partial charge in [0.15, 0.2) is 5.78 Å². The van der Waals surface area contributed by atoms with E-state index in [9.17, 15) is 9.59 Å². The van der Waals surface area contributed by atoms with Crippen molar-refractivity contribution in [3.8, 4) is 0 Å². The zero-order valence-corrected chi connectivity index (χ0v) is 14.9. The molecule has 2 aliphatic rings. The highest BCUT2D eigenvalue weighted by Gasteiger charge is 2.39. The van der Waals surface area contributed by atoms with Crippen molar-refractivity contribution in [1.29, 1.82) is 0 Å². The van der Waals surface area contributed by atoms with E-state index >= 15 is 0 Å². The number of nitrogens with one attached hydrogen (secondary N) is 2. The molecule has 2 aromatic carbocycles. The lowest BCUT2D eigenvalue weighted by Crippen LogP contribution is -2.49. The zero-order valence-electron chi connectivity index (χ0n) is 14.9. The number of rotatable bonds is 2. The number of hydrogen-bond acceptors (Lipinski definition) is 3. The molecule has 3 heterocycles. The minimum absolute atomic E-state index is 0.0298. The summed E-state index contributed by atoms with van der Waals surface area (Å²) in [6, 6.07) is 17.5. The van der Waals surface area contributed by atoms with Gasteiger partial charge in [-0.3, -0.25) is 14.5 Å². The molecule has 2 unspecified atom stereocenters. The van der Waals surface area contributed by atoms with Gasteiger partial charge in [-0.15, -0.1) is 0 Å². The zero-order chi connectivity index (χ0) is 18.4. The van der Waals surface area contributed by atoms with Crippen LogP contribution in [0.1, 0.15) is 45.3 Å². The number of amides is 1. The fourth-order valence-corrected chi connectivity index (χ4v) is 4.47. The summed E-state index contributed by atoms with van der Waals surface area (Å²) < 4.78 is 0. The Bertz CT molecular complexity index is 1020. The second-order valence-electron chi connectivity index (χ2n) is 7.43. The first kappa shape index (κ1) is 16.3. The number of aromatic amines is 1. The Labute approximate surface area is 157 Å². The van der Waals surface area contributed by atoms with E-state index < -0.39 is 0 Å². The number of hydrogen-bond donors (Lipinski definition) is 2. The van der Waals surface area contributed by atoms with Gasteiger partial charge >= 0.3 is 0 Å². The van der Waals surface area contributed by atoms with E-state index in [1.54, 1.807) is 0 Å². The summed E-state index contributed by atoms with van der Waals surface area (Å²) in [6.45, 7) is 1.27. The lowest BCUT2D eigenvalue weighted by molar-refractivity contribution is 0.0703. The molecule has 0 radical (unpaired) electrons. The van der Waals surface area contributed by atoms with Gasteiger partial charge in [0.05, 0.1) is 12.6 Å². The van der Waals surface area contributed by atoms with E-state index in [1.165, 1.54) is 0 Å². The average Bonchev–Trinajstić information content (AvgIpc) is 3.10. The van der Waals surface area contributed by atoms with Crippen LogP contribution in [0, 0.1) is 0 Å². The van der Waals surface area contributed by atoms with Crippen LogP contribution in [-0.4, -0.2) is 40.7 Å². The molecule has 136 valence electrons. The average molecular weight is 359 g/mol. The number of carbonyl (C=O) groups is 2. The molecule has 3 aromatic rings. The number of nitrogens with zero attached hydrogens (tertiary/aromatic N) is 1. The molecule has 2 aliphatic heterocycles. The lowest BCUT2D eigenvalue weighted by atomic mass is 9.87. The molecule has 1 fully saturated rings. The first-order chi connectivity index (χ1) is 13.2. The van der Waals surface area contributed by atoms with Gasteiger partial charge in [0.1, 0.15) is 0 Å². The Kier molecular flexibility index (Phi) is 3.83. The van der Waals surface area contributed by atoms with Crippen LogP contribution in [0.15, 0.2) is 54.6 Å². The lowest BCUT2D eigenvalue weighted by Gasteiger charge is -2.41. The standard InChI is InChI=1S/C22H21N3O2/c26-19-13-25-11-10-15(23-22(27)14-6-2-1-3-7-14)12-18(25)21-20(19)16-8-4-5-9-17(16)24-21/h1-9,15,18,24H,10-13H2,(H,23,27). The Hall–Kier alpha value is -2.92. The third kappa shape index (κ3) is 2.75. The molecular formula is C22H21N3O2. The van der Waals surface area contributed by atoms with Crippen molar-refractivity contribution in [3.05, 3.63) is 71.4 Å². The van der Waals surface area contributed by atoms with Crippen molar-refractivity contribution in [2.75, 3.05) is 13.1 Å². The number of fused-ring (bicyclic) bond motifs is 5. The fourth-order valence-electron chi connectivity index (χ4n) is 4.47. The Balaban J connectivity index is 1.42. The third-order valence-corrected chi connectivity index (χ3v) is 5.78. The number of ketones is 1. The summed E-state index contributed by atoms with van der Waals surface area (Å²) in [6.07, 6.45) is 1.67. The molecule has 1 amide bonds. The molecular weight excluding hydrogens is 338 g/mol. The molecule has 5 heteroatoms. The number of aromatic nitrogens is 1. The molecule has 27 heavy (non-hydrogen) atoms. The van der Waals surface area contributed by atoms with Crippen molar-refractivity contribution in [2.45, 2.75) is 24.9 Å². The molecule has 5 rings (SSSR count). The topological polar surface area (TPSA) is 65.2 Å². The highest BCUT2D eigenvalue weighted by atomic mass is 16.1. The largest absolute Gasteiger partial charge is 0.356 e. The number of para-hydroxylation sites is 1. The quantitative estimate of drug-likeness (QED) is 0.738. The number of benzene rings is 2. The van der Waals surface area contributed by atoms with Gasteiger partial charge in [-0.1, -0.05) is 36.4 Å².